The number of para-hydroxylation sites is 4. The minimum atomic E-state index is 0.755. The van der Waals surface area contributed by atoms with Crippen molar-refractivity contribution < 1.29 is 0 Å². The monoisotopic (exact) mass is 714 g/mol. The predicted octanol–water partition coefficient (Wildman–Crippen LogP) is 8.30. The van der Waals surface area contributed by atoms with Crippen molar-refractivity contribution in [2.75, 3.05) is 103 Å². The van der Waals surface area contributed by atoms with E-state index in [1.165, 1.54) is 73.0 Å². The summed E-state index contributed by atoms with van der Waals surface area (Å²) in [6.45, 7) is 3.15. The van der Waals surface area contributed by atoms with Gasteiger partial charge in [0.2, 0.25) is 0 Å². The van der Waals surface area contributed by atoms with Crippen molar-refractivity contribution in [3.05, 3.63) is 122 Å². The highest BCUT2D eigenvalue weighted by molar-refractivity contribution is 6.11. The summed E-state index contributed by atoms with van der Waals surface area (Å²) in [6, 6.07) is 36.3. The fourth-order valence-electron chi connectivity index (χ4n) is 8.78. The molecule has 10 rings (SSSR count). The Hall–Kier alpha value is -6.42. The van der Waals surface area contributed by atoms with Crippen molar-refractivity contribution in [1.82, 2.24) is 14.4 Å². The summed E-state index contributed by atoms with van der Waals surface area (Å²) in [6.07, 6.45) is 8.63. The highest BCUT2D eigenvalue weighted by Gasteiger charge is 2.33. The number of fused-ring (bicyclic) bond motifs is 5. The zero-order valence-electron chi connectivity index (χ0n) is 31.8. The molecule has 0 atom stereocenters. The first-order valence-corrected chi connectivity index (χ1v) is 18.6. The van der Waals surface area contributed by atoms with Crippen LogP contribution in [0.1, 0.15) is 0 Å². The lowest BCUT2D eigenvalue weighted by molar-refractivity contribution is 0.496. The number of aromatic nitrogens is 1. The minimum Gasteiger partial charge on any atom is -0.374 e. The number of benzene rings is 5. The van der Waals surface area contributed by atoms with E-state index in [1.54, 1.807) is 0 Å². The Balaban J connectivity index is 1.27. The third kappa shape index (κ3) is 4.93. The summed E-state index contributed by atoms with van der Waals surface area (Å²) in [5.74, 6) is 0. The van der Waals surface area contributed by atoms with E-state index in [4.69, 9.17) is 0 Å². The molecule has 0 amide bonds. The van der Waals surface area contributed by atoms with Gasteiger partial charge in [0.25, 0.3) is 0 Å². The first kappa shape index (κ1) is 32.2. The average molecular weight is 715 g/mol. The van der Waals surface area contributed by atoms with Crippen LogP contribution in [0.5, 0.6) is 0 Å². The number of hydrogen-bond acceptors (Lipinski definition) is 9. The lowest BCUT2D eigenvalue weighted by Gasteiger charge is -2.32. The number of hydrogen-bond donors (Lipinski definition) is 0. The molecule has 0 aliphatic carbocycles. The van der Waals surface area contributed by atoms with Gasteiger partial charge in [0.05, 0.1) is 83.2 Å². The smallest absolute Gasteiger partial charge is 0.0951 e. The van der Waals surface area contributed by atoms with Gasteiger partial charge in [-0.2, -0.15) is 0 Å². The quantitative estimate of drug-likeness (QED) is 0.169. The van der Waals surface area contributed by atoms with Crippen molar-refractivity contribution in [2.45, 2.75) is 0 Å². The second-order valence-electron chi connectivity index (χ2n) is 15.3. The van der Waals surface area contributed by atoms with Gasteiger partial charge in [-0.1, -0.05) is 36.4 Å². The zero-order chi connectivity index (χ0) is 36.8. The van der Waals surface area contributed by atoms with Crippen LogP contribution in [0.15, 0.2) is 122 Å². The van der Waals surface area contributed by atoms with E-state index in [9.17, 15) is 0 Å². The molecule has 54 heavy (non-hydrogen) atoms. The molecule has 5 aromatic carbocycles. The van der Waals surface area contributed by atoms with E-state index >= 15 is 0 Å². The Morgan fingerprint density at radius 2 is 0.889 bits per heavy atom. The molecule has 272 valence electrons. The molecule has 6 aromatic rings. The van der Waals surface area contributed by atoms with Crippen LogP contribution in [0.4, 0.5) is 51.2 Å². The lowest BCUT2D eigenvalue weighted by atomic mass is 10.1. The van der Waals surface area contributed by atoms with Gasteiger partial charge in [0, 0.05) is 89.2 Å². The molecule has 4 aliphatic heterocycles. The van der Waals surface area contributed by atoms with Gasteiger partial charge in [-0.25, -0.2) is 0 Å². The Labute approximate surface area is 317 Å². The highest BCUT2D eigenvalue weighted by atomic mass is 15.4. The van der Waals surface area contributed by atoms with Crippen LogP contribution in [-0.4, -0.2) is 83.3 Å². The van der Waals surface area contributed by atoms with Gasteiger partial charge in [0.1, 0.15) is 0 Å². The van der Waals surface area contributed by atoms with Gasteiger partial charge in [-0.15, -0.1) is 0 Å². The fourth-order valence-corrected chi connectivity index (χ4v) is 8.78. The van der Waals surface area contributed by atoms with Crippen molar-refractivity contribution >= 4 is 73.0 Å². The van der Waals surface area contributed by atoms with E-state index in [0.717, 1.165) is 32.4 Å². The maximum atomic E-state index is 2.51. The number of anilines is 9. The standard InChI is InChI=1S/C44H46N10/c1-45(2)44-42(52-29-48(5)36-11-7-9-13-38(36)52)25-33(26-43(44)53-30-49(6)37-12-8-10-14-39(37)53)54-40-23-31(50-21-19-46(3)27-50)15-17-34(40)35-18-16-32(24-41(35)54)51-22-20-47(4)28-51/h7-26H,27-30H2,1-6H3. The van der Waals surface area contributed by atoms with E-state index in [0.29, 0.717) is 0 Å². The van der Waals surface area contributed by atoms with Crippen molar-refractivity contribution in [1.29, 1.82) is 0 Å². The molecule has 0 fully saturated rings. The van der Waals surface area contributed by atoms with Gasteiger partial charge in [0.15, 0.2) is 0 Å². The molecule has 1 aromatic heterocycles. The summed E-state index contributed by atoms with van der Waals surface area (Å²) in [4.78, 5) is 21.0. The van der Waals surface area contributed by atoms with Gasteiger partial charge in [-0.3, -0.25) is 0 Å². The molecule has 0 saturated heterocycles. The maximum Gasteiger partial charge on any atom is 0.0951 e. The molecule has 10 nitrogen and oxygen atoms in total. The van der Waals surface area contributed by atoms with Crippen LogP contribution in [0.2, 0.25) is 0 Å². The lowest BCUT2D eigenvalue weighted by Crippen LogP contribution is -2.29. The van der Waals surface area contributed by atoms with E-state index < -0.39 is 0 Å². The third-order valence-corrected chi connectivity index (χ3v) is 11.4. The maximum absolute atomic E-state index is 2.51. The molecule has 0 N–H and O–H groups in total. The minimum absolute atomic E-state index is 0.755. The number of rotatable bonds is 6. The molecule has 5 heterocycles. The predicted molar refractivity (Wildman–Crippen MR) is 227 cm³/mol. The summed E-state index contributed by atoms with van der Waals surface area (Å²) in [7, 11) is 13.0. The van der Waals surface area contributed by atoms with Gasteiger partial charge < -0.3 is 48.7 Å². The second kappa shape index (κ2) is 12.1. The van der Waals surface area contributed by atoms with E-state index in [2.05, 4.69) is 213 Å². The summed E-state index contributed by atoms with van der Waals surface area (Å²) < 4.78 is 2.51. The molecule has 0 bridgehead atoms. The molecule has 10 heteroatoms. The van der Waals surface area contributed by atoms with Crippen molar-refractivity contribution in [3.63, 3.8) is 0 Å². The van der Waals surface area contributed by atoms with Crippen molar-refractivity contribution in [3.8, 4) is 5.69 Å². The first-order valence-electron chi connectivity index (χ1n) is 18.6. The van der Waals surface area contributed by atoms with Crippen LogP contribution in [-0.2, 0) is 0 Å². The van der Waals surface area contributed by atoms with Crippen LogP contribution < -0.4 is 34.3 Å². The normalized spacial score (nSPS) is 16.3. The van der Waals surface area contributed by atoms with Crippen LogP contribution in [0.3, 0.4) is 0 Å². The Morgan fingerprint density at radius 3 is 1.30 bits per heavy atom. The van der Waals surface area contributed by atoms with Gasteiger partial charge >= 0.3 is 0 Å². The summed E-state index contributed by atoms with van der Waals surface area (Å²) in [5, 5.41) is 2.48. The highest BCUT2D eigenvalue weighted by Crippen LogP contribution is 2.51. The second-order valence-corrected chi connectivity index (χ2v) is 15.3. The third-order valence-electron chi connectivity index (χ3n) is 11.4. The molecule has 0 unspecified atom stereocenters. The van der Waals surface area contributed by atoms with Gasteiger partial charge in [-0.05, 0) is 60.7 Å². The topological polar surface area (TPSA) is 34.1 Å². The van der Waals surface area contributed by atoms with E-state index in [1.807, 2.05) is 0 Å². The molecule has 0 saturated carbocycles. The summed E-state index contributed by atoms with van der Waals surface area (Å²) in [5.41, 5.74) is 14.3. The largest absolute Gasteiger partial charge is 0.374 e. The van der Waals surface area contributed by atoms with Crippen LogP contribution >= 0.6 is 0 Å². The Morgan fingerprint density at radius 1 is 0.444 bits per heavy atom. The summed E-state index contributed by atoms with van der Waals surface area (Å²) >= 11 is 0. The molecular weight excluding hydrogens is 669 g/mol. The molecular formula is C44H46N10. The fraction of sp³-hybridized carbons (Fsp3) is 0.227. The molecule has 4 aliphatic rings. The number of nitrogens with zero attached hydrogens (tertiary/aromatic N) is 10. The Bertz CT molecular complexity index is 2350. The van der Waals surface area contributed by atoms with Crippen LogP contribution in [0.25, 0.3) is 27.5 Å². The Kier molecular flexibility index (Phi) is 7.20. The zero-order valence-corrected chi connectivity index (χ0v) is 31.8. The molecule has 0 radical (unpaired) electrons. The first-order chi connectivity index (χ1) is 26.2. The van der Waals surface area contributed by atoms with Crippen LogP contribution in [0, 0.1) is 0 Å². The SMILES string of the molecule is CN1C=CN(c2ccc3c4ccc(N5C=CN(C)C5)cc4n(-c4cc(N5CN(C)c6ccccc65)c(N(C)C)c(N5CN(C)c6ccccc65)c4)c3c2)C1. The average Bonchev–Trinajstić information content (AvgIpc) is 4.01. The van der Waals surface area contributed by atoms with Crippen molar-refractivity contribution in [2.24, 2.45) is 0 Å². The van der Waals surface area contributed by atoms with E-state index in [-0.39, 0.29) is 0 Å². The molecule has 0 spiro atoms.